The molecule has 0 bridgehead atoms. The summed E-state index contributed by atoms with van der Waals surface area (Å²) in [6.07, 6.45) is 5.65. The van der Waals surface area contributed by atoms with Crippen LogP contribution in [0.1, 0.15) is 43.7 Å². The van der Waals surface area contributed by atoms with Crippen molar-refractivity contribution in [2.45, 2.75) is 44.2 Å². The zero-order valence-corrected chi connectivity index (χ0v) is 10.9. The van der Waals surface area contributed by atoms with Crippen LogP contribution in [-0.2, 0) is 0 Å². The molecule has 3 N–H and O–H groups in total. The highest BCUT2D eigenvalue weighted by atomic mass is 35.5. The van der Waals surface area contributed by atoms with Gasteiger partial charge in [0.25, 0.3) is 0 Å². The number of hydrogen-bond acceptors (Lipinski definition) is 2. The van der Waals surface area contributed by atoms with E-state index < -0.39 is 0 Å². The molecule has 2 atom stereocenters. The van der Waals surface area contributed by atoms with Crippen LogP contribution in [0, 0.1) is 5.92 Å². The Balaban J connectivity index is 0.00000144. The van der Waals surface area contributed by atoms with Crippen molar-refractivity contribution in [1.29, 1.82) is 0 Å². The molecule has 0 radical (unpaired) electrons. The van der Waals surface area contributed by atoms with Gasteiger partial charge in [0.05, 0.1) is 12.1 Å². The molecule has 0 saturated heterocycles. The topological polar surface area (TPSA) is 46.2 Å². The molecule has 1 fully saturated rings. The van der Waals surface area contributed by atoms with Crippen molar-refractivity contribution in [3.63, 3.8) is 0 Å². The first kappa shape index (κ1) is 14.5. The maximum atomic E-state index is 10.3. The van der Waals surface area contributed by atoms with E-state index in [1.54, 1.807) is 0 Å². The summed E-state index contributed by atoms with van der Waals surface area (Å²) in [4.78, 5) is 0. The maximum absolute atomic E-state index is 10.3. The lowest BCUT2D eigenvalue weighted by atomic mass is 9.81. The molecule has 0 spiro atoms. The largest absolute Gasteiger partial charge is 0.391 e. The Bertz CT molecular complexity index is 311. The van der Waals surface area contributed by atoms with Crippen LogP contribution >= 0.6 is 12.4 Å². The minimum absolute atomic E-state index is 0. The zero-order chi connectivity index (χ0) is 11.4. The van der Waals surface area contributed by atoms with Crippen molar-refractivity contribution < 1.29 is 5.11 Å². The van der Waals surface area contributed by atoms with E-state index in [-0.39, 0.29) is 24.6 Å². The molecule has 1 saturated carbocycles. The van der Waals surface area contributed by atoms with Crippen LogP contribution in [-0.4, -0.2) is 11.2 Å². The fourth-order valence-electron chi connectivity index (χ4n) is 2.64. The molecule has 1 aromatic rings. The highest BCUT2D eigenvalue weighted by Crippen LogP contribution is 2.31. The van der Waals surface area contributed by atoms with Gasteiger partial charge in [-0.15, -0.1) is 12.4 Å². The number of halogens is 1. The summed E-state index contributed by atoms with van der Waals surface area (Å²) in [5.41, 5.74) is 7.16. The molecular weight excluding hydrogens is 234 g/mol. The molecule has 1 aliphatic rings. The Morgan fingerprint density at radius 2 is 1.65 bits per heavy atom. The average molecular weight is 256 g/mol. The van der Waals surface area contributed by atoms with E-state index in [0.29, 0.717) is 5.92 Å². The van der Waals surface area contributed by atoms with E-state index in [9.17, 15) is 5.11 Å². The van der Waals surface area contributed by atoms with E-state index in [1.165, 1.54) is 19.3 Å². The third kappa shape index (κ3) is 3.70. The number of aliphatic hydroxyl groups is 1. The molecule has 1 aliphatic carbocycles. The summed E-state index contributed by atoms with van der Waals surface area (Å²) >= 11 is 0. The van der Waals surface area contributed by atoms with Crippen LogP contribution in [0.4, 0.5) is 0 Å². The molecule has 17 heavy (non-hydrogen) atoms. The van der Waals surface area contributed by atoms with Crippen molar-refractivity contribution >= 4 is 12.4 Å². The molecule has 0 aliphatic heterocycles. The summed E-state index contributed by atoms with van der Waals surface area (Å²) in [5, 5.41) is 10.3. The second-order valence-corrected chi connectivity index (χ2v) is 4.83. The molecule has 96 valence electrons. The Labute approximate surface area is 110 Å². The summed E-state index contributed by atoms with van der Waals surface area (Å²) in [6.45, 7) is 0. The molecule has 0 aromatic heterocycles. The predicted octanol–water partition coefficient (Wildman–Crippen LogP) is 3.05. The Morgan fingerprint density at radius 1 is 1.06 bits per heavy atom. The van der Waals surface area contributed by atoms with Gasteiger partial charge in [-0.1, -0.05) is 49.6 Å². The van der Waals surface area contributed by atoms with Crippen molar-refractivity contribution in [3.8, 4) is 0 Å². The van der Waals surface area contributed by atoms with Gasteiger partial charge < -0.3 is 10.8 Å². The van der Waals surface area contributed by atoms with Gasteiger partial charge in [0, 0.05) is 0 Å². The predicted molar refractivity (Wildman–Crippen MR) is 73.2 cm³/mol. The maximum Gasteiger partial charge on any atom is 0.0760 e. The quantitative estimate of drug-likeness (QED) is 0.872. The smallest absolute Gasteiger partial charge is 0.0760 e. The van der Waals surface area contributed by atoms with E-state index in [2.05, 4.69) is 0 Å². The molecule has 0 heterocycles. The lowest BCUT2D eigenvalue weighted by Crippen LogP contribution is -2.34. The molecule has 0 unspecified atom stereocenters. The lowest BCUT2D eigenvalue weighted by molar-refractivity contribution is 0.0618. The Hall–Kier alpha value is -0.570. The molecule has 3 heteroatoms. The number of benzene rings is 1. The van der Waals surface area contributed by atoms with Crippen molar-refractivity contribution in [2.75, 3.05) is 0 Å². The summed E-state index contributed by atoms with van der Waals surface area (Å²) in [7, 11) is 0. The number of hydrogen-bond donors (Lipinski definition) is 2. The van der Waals surface area contributed by atoms with Gasteiger partial charge >= 0.3 is 0 Å². The van der Waals surface area contributed by atoms with E-state index in [4.69, 9.17) is 5.73 Å². The number of rotatable bonds is 3. The van der Waals surface area contributed by atoms with Crippen LogP contribution in [0.5, 0.6) is 0 Å². The molecule has 0 amide bonds. The van der Waals surface area contributed by atoms with Gasteiger partial charge in [-0.2, -0.15) is 0 Å². The third-order valence-corrected chi connectivity index (χ3v) is 3.69. The third-order valence-electron chi connectivity index (χ3n) is 3.69. The monoisotopic (exact) mass is 255 g/mol. The van der Waals surface area contributed by atoms with Crippen LogP contribution < -0.4 is 5.73 Å². The minimum Gasteiger partial charge on any atom is -0.391 e. The fourth-order valence-corrected chi connectivity index (χ4v) is 2.64. The number of nitrogens with two attached hydrogens (primary N) is 1. The summed E-state index contributed by atoms with van der Waals surface area (Å²) < 4.78 is 0. The van der Waals surface area contributed by atoms with Gasteiger partial charge in [-0.3, -0.25) is 0 Å². The first-order valence-electron chi connectivity index (χ1n) is 6.27. The van der Waals surface area contributed by atoms with Gasteiger partial charge in [0.1, 0.15) is 0 Å². The van der Waals surface area contributed by atoms with Crippen LogP contribution in [0.25, 0.3) is 0 Å². The van der Waals surface area contributed by atoms with Gasteiger partial charge in [-0.25, -0.2) is 0 Å². The summed E-state index contributed by atoms with van der Waals surface area (Å²) in [5.74, 6) is 0.393. The highest BCUT2D eigenvalue weighted by molar-refractivity contribution is 5.85. The van der Waals surface area contributed by atoms with Crippen molar-refractivity contribution in [3.05, 3.63) is 35.9 Å². The van der Waals surface area contributed by atoms with Gasteiger partial charge in [-0.05, 0) is 24.3 Å². The Morgan fingerprint density at radius 3 is 2.24 bits per heavy atom. The van der Waals surface area contributed by atoms with Crippen molar-refractivity contribution in [1.82, 2.24) is 0 Å². The van der Waals surface area contributed by atoms with Gasteiger partial charge in [0.2, 0.25) is 0 Å². The highest BCUT2D eigenvalue weighted by Gasteiger charge is 2.27. The van der Waals surface area contributed by atoms with E-state index in [1.807, 2.05) is 30.3 Å². The number of aliphatic hydroxyl groups excluding tert-OH is 1. The van der Waals surface area contributed by atoms with Crippen LogP contribution in [0.15, 0.2) is 30.3 Å². The standard InChI is InChI=1S/C14H21NO.ClH/c15-13(11-7-3-1-4-8-11)14(16)12-9-5-2-6-10-12;/h1,3-4,7-8,12-14,16H,2,5-6,9-10,15H2;1H/t13-,14+;/m0./s1. The summed E-state index contributed by atoms with van der Waals surface area (Å²) in [6, 6.07) is 9.69. The molecular formula is C14H22ClNO. The van der Waals surface area contributed by atoms with Crippen LogP contribution in [0.2, 0.25) is 0 Å². The molecule has 2 nitrogen and oxygen atoms in total. The van der Waals surface area contributed by atoms with E-state index >= 15 is 0 Å². The second kappa shape index (κ2) is 7.00. The fraction of sp³-hybridized carbons (Fsp3) is 0.571. The van der Waals surface area contributed by atoms with E-state index in [0.717, 1.165) is 18.4 Å². The minimum atomic E-state index is -0.386. The van der Waals surface area contributed by atoms with Crippen LogP contribution in [0.3, 0.4) is 0 Å². The lowest BCUT2D eigenvalue weighted by Gasteiger charge is -2.30. The average Bonchev–Trinajstić information content (AvgIpc) is 2.39. The molecule has 1 aromatic carbocycles. The first-order chi connectivity index (χ1) is 7.79. The molecule has 2 rings (SSSR count). The Kier molecular flexibility index (Phi) is 5.96. The second-order valence-electron chi connectivity index (χ2n) is 4.83. The van der Waals surface area contributed by atoms with Gasteiger partial charge in [0.15, 0.2) is 0 Å². The first-order valence-corrected chi connectivity index (χ1v) is 6.27. The van der Waals surface area contributed by atoms with Crippen molar-refractivity contribution in [2.24, 2.45) is 11.7 Å². The SMILES string of the molecule is Cl.N[C@@H](c1ccccc1)[C@H](O)C1CCCCC1. The zero-order valence-electron chi connectivity index (χ0n) is 10.1. The normalized spacial score (nSPS) is 20.4.